The first-order valence-electron chi connectivity index (χ1n) is 14.2. The molecule has 1 N–H and O–H groups in total. The van der Waals surface area contributed by atoms with E-state index >= 15 is 0 Å². The van der Waals surface area contributed by atoms with Gasteiger partial charge in [0.1, 0.15) is 18.3 Å². The number of nitrogens with one attached hydrogen (secondary N) is 1. The van der Waals surface area contributed by atoms with Gasteiger partial charge in [-0.3, -0.25) is 13.9 Å². The first kappa shape index (κ1) is 30.1. The Balaban J connectivity index is 1.71. The molecule has 0 radical (unpaired) electrons. The Morgan fingerprint density at radius 2 is 1.51 bits per heavy atom. The van der Waals surface area contributed by atoms with Crippen molar-refractivity contribution in [2.45, 2.75) is 69.0 Å². The quantitative estimate of drug-likeness (QED) is 0.321. The van der Waals surface area contributed by atoms with E-state index in [1.165, 1.54) is 24.1 Å². The second-order valence-corrected chi connectivity index (χ2v) is 12.1. The fourth-order valence-corrected chi connectivity index (χ4v) is 6.76. The average Bonchev–Trinajstić information content (AvgIpc) is 3.01. The number of carbonyl (C=O) groups is 2. The van der Waals surface area contributed by atoms with Crippen LogP contribution in [0.5, 0.6) is 5.75 Å². The minimum atomic E-state index is -4.16. The van der Waals surface area contributed by atoms with E-state index in [-0.39, 0.29) is 29.1 Å². The molecule has 3 aromatic rings. The zero-order valence-electron chi connectivity index (χ0n) is 23.7. The van der Waals surface area contributed by atoms with E-state index in [4.69, 9.17) is 4.74 Å². The molecule has 9 heteroatoms. The van der Waals surface area contributed by atoms with Crippen LogP contribution in [-0.2, 0) is 26.2 Å². The highest BCUT2D eigenvalue weighted by Gasteiger charge is 2.35. The summed E-state index contributed by atoms with van der Waals surface area (Å²) < 4.78 is 34.5. The summed E-state index contributed by atoms with van der Waals surface area (Å²) >= 11 is 0. The van der Waals surface area contributed by atoms with Crippen LogP contribution in [0, 0.1) is 0 Å². The summed E-state index contributed by atoms with van der Waals surface area (Å²) in [5.74, 6) is -0.375. The van der Waals surface area contributed by atoms with Gasteiger partial charge in [0.15, 0.2) is 0 Å². The number of anilines is 1. The van der Waals surface area contributed by atoms with Crippen molar-refractivity contribution in [3.8, 4) is 5.75 Å². The zero-order chi connectivity index (χ0) is 29.2. The van der Waals surface area contributed by atoms with Crippen molar-refractivity contribution in [1.82, 2.24) is 10.2 Å². The maximum absolute atomic E-state index is 14.2. The van der Waals surface area contributed by atoms with E-state index in [2.05, 4.69) is 5.32 Å². The highest BCUT2D eigenvalue weighted by Crippen LogP contribution is 2.32. The van der Waals surface area contributed by atoms with Gasteiger partial charge in [-0.1, -0.05) is 86.8 Å². The number of carbonyl (C=O) groups excluding carboxylic acids is 2. The summed E-state index contributed by atoms with van der Waals surface area (Å²) in [5.41, 5.74) is 1.09. The lowest BCUT2D eigenvalue weighted by Crippen LogP contribution is -2.54. The molecular weight excluding hydrogens is 538 g/mol. The number of hydrogen-bond acceptors (Lipinski definition) is 5. The van der Waals surface area contributed by atoms with Gasteiger partial charge in [-0.05, 0) is 49.1 Å². The van der Waals surface area contributed by atoms with Crippen molar-refractivity contribution in [1.29, 1.82) is 0 Å². The topological polar surface area (TPSA) is 96.0 Å². The number of nitrogens with zero attached hydrogens (tertiary/aromatic N) is 2. The lowest BCUT2D eigenvalue weighted by molar-refractivity contribution is -0.140. The molecule has 0 saturated heterocycles. The molecule has 1 fully saturated rings. The summed E-state index contributed by atoms with van der Waals surface area (Å²) in [4.78, 5) is 29.4. The predicted octanol–water partition coefficient (Wildman–Crippen LogP) is 5.15. The largest absolute Gasteiger partial charge is 0.495 e. The zero-order valence-corrected chi connectivity index (χ0v) is 24.6. The van der Waals surface area contributed by atoms with Gasteiger partial charge in [0.25, 0.3) is 10.0 Å². The normalized spacial score (nSPS) is 14.6. The molecule has 4 rings (SSSR count). The molecule has 218 valence electrons. The average molecular weight is 578 g/mol. The Morgan fingerprint density at radius 3 is 2.15 bits per heavy atom. The number of methoxy groups -OCH3 is 1. The van der Waals surface area contributed by atoms with E-state index in [1.807, 2.05) is 37.3 Å². The Bertz CT molecular complexity index is 1390. The van der Waals surface area contributed by atoms with E-state index in [0.29, 0.717) is 12.2 Å². The first-order chi connectivity index (χ1) is 19.8. The maximum atomic E-state index is 14.2. The summed E-state index contributed by atoms with van der Waals surface area (Å²) in [5, 5.41) is 3.17. The number of sulfonamides is 1. The third kappa shape index (κ3) is 7.47. The van der Waals surface area contributed by atoms with Gasteiger partial charge in [-0.25, -0.2) is 8.42 Å². The predicted molar refractivity (Wildman–Crippen MR) is 160 cm³/mol. The number of hydrogen-bond donors (Lipinski definition) is 1. The van der Waals surface area contributed by atoms with Gasteiger partial charge < -0.3 is 15.0 Å². The van der Waals surface area contributed by atoms with E-state index < -0.39 is 28.5 Å². The Morgan fingerprint density at radius 1 is 0.902 bits per heavy atom. The number of benzene rings is 3. The molecule has 1 aliphatic rings. The molecule has 0 bridgehead atoms. The Hall–Kier alpha value is -3.85. The fourth-order valence-electron chi connectivity index (χ4n) is 5.31. The van der Waals surface area contributed by atoms with E-state index in [1.54, 1.807) is 42.5 Å². The molecule has 2 amide bonds. The van der Waals surface area contributed by atoms with E-state index in [0.717, 1.165) is 42.0 Å². The fraction of sp³-hybridized carbons (Fsp3) is 0.375. The van der Waals surface area contributed by atoms with Gasteiger partial charge in [-0.2, -0.15) is 0 Å². The number of para-hydroxylation sites is 2. The van der Waals surface area contributed by atoms with Crippen LogP contribution in [0.2, 0.25) is 0 Å². The van der Waals surface area contributed by atoms with Crippen LogP contribution in [0.4, 0.5) is 5.69 Å². The van der Waals surface area contributed by atoms with Crippen LogP contribution >= 0.6 is 0 Å². The molecule has 8 nitrogen and oxygen atoms in total. The summed E-state index contributed by atoms with van der Waals surface area (Å²) in [6, 6.07) is 23.5. The SMILES string of the molecule is CCC(C(=O)NC1CCCCC1)N(Cc1ccccc1)C(=O)CN(c1ccccc1OC)S(=O)(=O)c1ccccc1. The second kappa shape index (κ2) is 14.2. The van der Waals surface area contributed by atoms with Crippen molar-refractivity contribution in [2.24, 2.45) is 0 Å². The standard InChI is InChI=1S/C32H39N3O5S/c1-3-28(32(37)33-26-17-9-5-10-18-26)34(23-25-15-7-4-8-16-25)31(36)24-35(29-21-13-14-22-30(29)40-2)41(38,39)27-19-11-6-12-20-27/h4,6-8,11-16,19-22,26,28H,3,5,9-10,17-18,23-24H2,1-2H3,(H,33,37). The summed E-state index contributed by atoms with van der Waals surface area (Å²) in [7, 11) is -2.70. The van der Waals surface area contributed by atoms with Crippen LogP contribution in [0.25, 0.3) is 0 Å². The maximum Gasteiger partial charge on any atom is 0.264 e. The Labute approximate surface area is 243 Å². The third-order valence-electron chi connectivity index (χ3n) is 7.50. The van der Waals surface area contributed by atoms with Crippen LogP contribution in [0.1, 0.15) is 51.0 Å². The molecule has 0 aromatic heterocycles. The van der Waals surface area contributed by atoms with Gasteiger partial charge in [-0.15, -0.1) is 0 Å². The summed E-state index contributed by atoms with van der Waals surface area (Å²) in [6.07, 6.45) is 5.53. The smallest absolute Gasteiger partial charge is 0.264 e. The highest BCUT2D eigenvalue weighted by atomic mass is 32.2. The van der Waals surface area contributed by atoms with Crippen molar-refractivity contribution in [2.75, 3.05) is 18.0 Å². The minimum Gasteiger partial charge on any atom is -0.495 e. The third-order valence-corrected chi connectivity index (χ3v) is 9.27. The van der Waals surface area contributed by atoms with E-state index in [9.17, 15) is 18.0 Å². The molecule has 0 aliphatic heterocycles. The van der Waals surface area contributed by atoms with Crippen LogP contribution in [-0.4, -0.2) is 50.9 Å². The van der Waals surface area contributed by atoms with Gasteiger partial charge >= 0.3 is 0 Å². The lowest BCUT2D eigenvalue weighted by Gasteiger charge is -2.34. The monoisotopic (exact) mass is 577 g/mol. The molecule has 3 aromatic carbocycles. The molecule has 1 aliphatic carbocycles. The molecule has 1 atom stereocenters. The highest BCUT2D eigenvalue weighted by molar-refractivity contribution is 7.92. The molecule has 1 unspecified atom stereocenters. The number of amides is 2. The number of rotatable bonds is 12. The molecule has 1 saturated carbocycles. The van der Waals surface area contributed by atoms with Gasteiger partial charge in [0.05, 0.1) is 17.7 Å². The van der Waals surface area contributed by atoms with Gasteiger partial charge in [0, 0.05) is 12.6 Å². The second-order valence-electron chi connectivity index (χ2n) is 10.3. The number of ether oxygens (including phenoxy) is 1. The van der Waals surface area contributed by atoms with Crippen LogP contribution in [0.15, 0.2) is 89.8 Å². The van der Waals surface area contributed by atoms with Crippen LogP contribution < -0.4 is 14.4 Å². The van der Waals surface area contributed by atoms with Crippen molar-refractivity contribution < 1.29 is 22.7 Å². The van der Waals surface area contributed by atoms with Crippen molar-refractivity contribution >= 4 is 27.5 Å². The van der Waals surface area contributed by atoms with Crippen molar-refractivity contribution in [3.05, 3.63) is 90.5 Å². The summed E-state index contributed by atoms with van der Waals surface area (Å²) in [6.45, 7) is 1.54. The molecule has 0 spiro atoms. The molecular formula is C32H39N3O5S. The first-order valence-corrected chi connectivity index (χ1v) is 15.6. The molecule has 41 heavy (non-hydrogen) atoms. The van der Waals surface area contributed by atoms with Crippen LogP contribution in [0.3, 0.4) is 0 Å². The van der Waals surface area contributed by atoms with Gasteiger partial charge in [0.2, 0.25) is 11.8 Å². The van der Waals surface area contributed by atoms with Crippen molar-refractivity contribution in [3.63, 3.8) is 0 Å². The Kier molecular flexibility index (Phi) is 10.4. The minimum absolute atomic E-state index is 0.0513. The lowest BCUT2D eigenvalue weighted by atomic mass is 9.95. The molecule has 0 heterocycles.